The average molecular weight is 643 g/mol. The van der Waals surface area contributed by atoms with Crippen LogP contribution in [-0.2, 0) is 21.5 Å². The van der Waals surface area contributed by atoms with E-state index in [0.717, 1.165) is 30.5 Å². The third-order valence-corrected chi connectivity index (χ3v) is 7.18. The molecule has 46 heavy (non-hydrogen) atoms. The van der Waals surface area contributed by atoms with Crippen LogP contribution in [0.25, 0.3) is 0 Å². The van der Waals surface area contributed by atoms with Crippen molar-refractivity contribution in [2.24, 2.45) is 5.73 Å². The maximum Gasteiger partial charge on any atom is 0.226 e. The molecular weight excluding hydrogens is 592 g/mol. The average Bonchev–Trinajstić information content (AvgIpc) is 3.08. The van der Waals surface area contributed by atoms with Gasteiger partial charge in [-0.1, -0.05) is 38.1 Å². The predicted octanol–water partition coefficient (Wildman–Crippen LogP) is 1.64. The minimum atomic E-state index is -0.795. The third kappa shape index (κ3) is 13.5. The van der Waals surface area contributed by atoms with Crippen LogP contribution >= 0.6 is 0 Å². The first kappa shape index (κ1) is 37.0. The molecule has 3 aromatic rings. The molecule has 13 nitrogen and oxygen atoms in total. The molecule has 1 aromatic heterocycles. The number of rotatable bonds is 24. The molecule has 0 radical (unpaired) electrons. The molecule has 0 spiro atoms. The van der Waals surface area contributed by atoms with E-state index in [4.69, 9.17) is 29.8 Å². The Hall–Kier alpha value is -3.43. The van der Waals surface area contributed by atoms with Gasteiger partial charge in [0, 0.05) is 31.7 Å². The Morgan fingerprint density at radius 2 is 1.35 bits per heavy atom. The molecule has 2 atom stereocenters. The van der Waals surface area contributed by atoms with Crippen LogP contribution in [0.3, 0.4) is 0 Å². The molecular formula is C33H50N6O7. The summed E-state index contributed by atoms with van der Waals surface area (Å²) in [5.74, 6) is 1.87. The highest BCUT2D eigenvalue weighted by Gasteiger charge is 2.23. The van der Waals surface area contributed by atoms with Gasteiger partial charge in [-0.15, -0.1) is 0 Å². The largest absolute Gasteiger partial charge is 0.491 e. The van der Waals surface area contributed by atoms with Gasteiger partial charge in [-0.2, -0.15) is 4.98 Å². The van der Waals surface area contributed by atoms with Crippen molar-refractivity contribution in [1.29, 1.82) is 0 Å². The molecule has 7 N–H and O–H groups in total. The predicted molar refractivity (Wildman–Crippen MR) is 175 cm³/mol. The number of hydrogen-bond donors (Lipinski definition) is 6. The van der Waals surface area contributed by atoms with Gasteiger partial charge in [0.15, 0.2) is 5.82 Å². The van der Waals surface area contributed by atoms with E-state index in [2.05, 4.69) is 39.4 Å². The normalized spacial score (nSPS) is 12.9. The van der Waals surface area contributed by atoms with E-state index < -0.39 is 12.2 Å². The molecule has 0 amide bonds. The van der Waals surface area contributed by atoms with E-state index in [1.54, 1.807) is 0 Å². The first-order valence-electron chi connectivity index (χ1n) is 15.7. The van der Waals surface area contributed by atoms with Crippen molar-refractivity contribution in [1.82, 2.24) is 20.3 Å². The Kier molecular flexibility index (Phi) is 16.6. The van der Waals surface area contributed by atoms with E-state index in [0.29, 0.717) is 51.0 Å². The van der Waals surface area contributed by atoms with E-state index in [-0.39, 0.29) is 43.6 Å². The Labute approximate surface area is 271 Å². The van der Waals surface area contributed by atoms with Gasteiger partial charge in [0.1, 0.15) is 49.9 Å². The van der Waals surface area contributed by atoms with Crippen molar-refractivity contribution in [3.8, 4) is 11.5 Å². The molecule has 2 unspecified atom stereocenters. The first-order chi connectivity index (χ1) is 22.3. The zero-order chi connectivity index (χ0) is 33.0. The highest BCUT2D eigenvalue weighted by Crippen LogP contribution is 2.33. The summed E-state index contributed by atoms with van der Waals surface area (Å²) in [6.07, 6.45) is 1.59. The first-order valence-corrected chi connectivity index (χ1v) is 15.7. The second-order valence-corrected chi connectivity index (χ2v) is 11.3. The zero-order valence-corrected chi connectivity index (χ0v) is 26.9. The maximum atomic E-state index is 10.3. The fourth-order valence-electron chi connectivity index (χ4n) is 4.38. The van der Waals surface area contributed by atoms with Crippen molar-refractivity contribution in [3.63, 3.8) is 0 Å². The van der Waals surface area contributed by atoms with Crippen LogP contribution in [0.2, 0.25) is 0 Å². The molecule has 13 heteroatoms. The summed E-state index contributed by atoms with van der Waals surface area (Å²) < 4.78 is 22.5. The molecule has 2 aromatic carbocycles. The van der Waals surface area contributed by atoms with Gasteiger partial charge in [0.2, 0.25) is 5.95 Å². The lowest BCUT2D eigenvalue weighted by Crippen LogP contribution is -2.32. The number of nitrogens with one attached hydrogen (secondary N) is 2. The number of aliphatic hydroxyl groups excluding tert-OH is 3. The van der Waals surface area contributed by atoms with Crippen molar-refractivity contribution < 1.29 is 34.3 Å². The maximum absolute atomic E-state index is 10.3. The Bertz CT molecular complexity index is 1230. The lowest BCUT2D eigenvalue weighted by Gasteiger charge is -2.26. The smallest absolute Gasteiger partial charge is 0.226 e. The Morgan fingerprint density at radius 1 is 0.783 bits per heavy atom. The minimum absolute atomic E-state index is 0.0849. The van der Waals surface area contributed by atoms with Crippen molar-refractivity contribution in [2.75, 3.05) is 71.1 Å². The van der Waals surface area contributed by atoms with E-state index in [9.17, 15) is 10.2 Å². The Morgan fingerprint density at radius 3 is 1.91 bits per heavy atom. The molecule has 0 aliphatic rings. The molecule has 0 saturated heterocycles. The fraction of sp³-hybridized carbons (Fsp3) is 0.545. The zero-order valence-electron chi connectivity index (χ0n) is 26.9. The van der Waals surface area contributed by atoms with E-state index in [1.165, 1.54) is 6.33 Å². The summed E-state index contributed by atoms with van der Waals surface area (Å²) in [5.41, 5.74) is 7.37. The van der Waals surface area contributed by atoms with Crippen LogP contribution in [0.4, 0.5) is 5.95 Å². The van der Waals surface area contributed by atoms with Crippen LogP contribution in [-0.4, -0.2) is 108 Å². The van der Waals surface area contributed by atoms with Gasteiger partial charge in [0.05, 0.1) is 13.2 Å². The number of nitrogens with zero attached hydrogens (tertiary/aromatic N) is 3. The van der Waals surface area contributed by atoms with Crippen LogP contribution in [0.5, 0.6) is 11.5 Å². The quantitative estimate of drug-likeness (QED) is 0.0776. The van der Waals surface area contributed by atoms with E-state index in [1.807, 2.05) is 48.5 Å². The fourth-order valence-corrected chi connectivity index (χ4v) is 4.38. The van der Waals surface area contributed by atoms with Gasteiger partial charge in [-0.25, -0.2) is 9.97 Å². The molecule has 254 valence electrons. The second kappa shape index (κ2) is 20.6. The lowest BCUT2D eigenvalue weighted by atomic mass is 9.78. The van der Waals surface area contributed by atoms with Gasteiger partial charge in [-0.05, 0) is 61.3 Å². The number of nitrogens with two attached hydrogens (primary N) is 1. The molecule has 1 heterocycles. The monoisotopic (exact) mass is 642 g/mol. The SMILES string of the molecule is CC(C)(c1ccc(OCC(O)CNCCCOCCOCCCN)cc1)c1ccc(OCC(O)CNc2ncnc(CO)n2)cc1. The number of aromatic nitrogens is 3. The second-order valence-electron chi connectivity index (χ2n) is 11.3. The Balaban J connectivity index is 1.33. The summed E-state index contributed by atoms with van der Waals surface area (Å²) in [6.45, 7) is 8.76. The topological polar surface area (TPSA) is 186 Å². The van der Waals surface area contributed by atoms with Gasteiger partial charge >= 0.3 is 0 Å². The summed E-state index contributed by atoms with van der Waals surface area (Å²) >= 11 is 0. The molecule has 3 rings (SSSR count). The number of benzene rings is 2. The number of ether oxygens (including phenoxy) is 4. The molecule has 0 aliphatic carbocycles. The van der Waals surface area contributed by atoms with Crippen LogP contribution in [0.15, 0.2) is 54.9 Å². The van der Waals surface area contributed by atoms with Crippen molar-refractivity contribution >= 4 is 5.95 Å². The van der Waals surface area contributed by atoms with Crippen LogP contribution < -0.4 is 25.8 Å². The third-order valence-electron chi connectivity index (χ3n) is 7.18. The molecule has 0 fully saturated rings. The molecule has 0 aliphatic heterocycles. The summed E-state index contributed by atoms with van der Waals surface area (Å²) in [7, 11) is 0. The van der Waals surface area contributed by atoms with Gasteiger partial charge in [-0.3, -0.25) is 0 Å². The van der Waals surface area contributed by atoms with Crippen LogP contribution in [0.1, 0.15) is 43.6 Å². The van der Waals surface area contributed by atoms with E-state index >= 15 is 0 Å². The summed E-state index contributed by atoms with van der Waals surface area (Å²) in [6, 6.07) is 15.7. The van der Waals surface area contributed by atoms with Crippen LogP contribution in [0, 0.1) is 0 Å². The van der Waals surface area contributed by atoms with Gasteiger partial charge < -0.3 is 50.6 Å². The summed E-state index contributed by atoms with van der Waals surface area (Å²) in [4.78, 5) is 11.8. The lowest BCUT2D eigenvalue weighted by molar-refractivity contribution is 0.0462. The number of hydrogen-bond acceptors (Lipinski definition) is 13. The molecule has 0 saturated carbocycles. The minimum Gasteiger partial charge on any atom is -0.491 e. The standard InChI is InChI=1S/C33H50N6O7/c1-33(2,26-7-11-30(12-8-26)46-23-28(42)20-36-32-38-24-37-31(21-40)39-32)25-5-9-29(10-6-25)45-22-27(41)19-35-14-4-16-44-18-17-43-15-3-13-34/h5-12,24,27-28,35,40-42H,3-4,13-23,34H2,1-2H3,(H,36,37,38,39). The summed E-state index contributed by atoms with van der Waals surface area (Å²) in [5, 5.41) is 35.8. The van der Waals surface area contributed by atoms with Gasteiger partial charge in [0.25, 0.3) is 0 Å². The number of aliphatic hydroxyl groups is 3. The van der Waals surface area contributed by atoms with Crippen molar-refractivity contribution in [3.05, 3.63) is 71.8 Å². The van der Waals surface area contributed by atoms with Crippen molar-refractivity contribution in [2.45, 2.75) is 50.9 Å². The molecule has 0 bridgehead atoms. The highest BCUT2D eigenvalue weighted by molar-refractivity contribution is 5.41. The highest BCUT2D eigenvalue weighted by atomic mass is 16.5. The number of anilines is 1.